The van der Waals surface area contributed by atoms with Crippen LogP contribution in [0.15, 0.2) is 17.1 Å². The zero-order valence-corrected chi connectivity index (χ0v) is 34.6. The summed E-state index contributed by atoms with van der Waals surface area (Å²) < 4.78 is 55.5. The number of nitrogens with zero attached hydrogens (tertiary/aromatic N) is 2. The van der Waals surface area contributed by atoms with Gasteiger partial charge in [0.2, 0.25) is 6.23 Å². The van der Waals surface area contributed by atoms with Crippen molar-refractivity contribution < 1.29 is 37.0 Å². The number of carbonyl (C=O) groups excluding carboxylic acids is 2. The molecule has 1 aromatic heterocycles. The maximum atomic E-state index is 16.1. The lowest BCUT2D eigenvalue weighted by Gasteiger charge is -2.37. The predicted octanol–water partition coefficient (Wildman–Crippen LogP) is 10.7. The van der Waals surface area contributed by atoms with Gasteiger partial charge in [-0.1, -0.05) is 124 Å². The molecule has 1 aliphatic heterocycles. The maximum Gasteiger partial charge on any atom is 0.413 e. The largest absolute Gasteiger partial charge is 0.453 e. The lowest BCUT2D eigenvalue weighted by Crippen LogP contribution is -2.47. The van der Waals surface area contributed by atoms with Crippen molar-refractivity contribution >= 4 is 26.2 Å². The number of hydrogen-bond donors (Lipinski definition) is 1. The van der Waals surface area contributed by atoms with Crippen molar-refractivity contribution in [3.63, 3.8) is 0 Å². The van der Waals surface area contributed by atoms with Crippen LogP contribution in [0.2, 0.25) is 18.1 Å². The van der Waals surface area contributed by atoms with Crippen LogP contribution in [0.4, 0.5) is 19.4 Å². The third-order valence-corrected chi connectivity index (χ3v) is 14.5. The summed E-state index contributed by atoms with van der Waals surface area (Å²) >= 11 is 0. The fourth-order valence-corrected chi connectivity index (χ4v) is 6.86. The van der Waals surface area contributed by atoms with Crippen LogP contribution in [0.3, 0.4) is 0 Å². The third-order valence-electron chi connectivity index (χ3n) is 9.97. The Morgan fingerprint density at radius 2 is 1.38 bits per heavy atom. The van der Waals surface area contributed by atoms with E-state index in [1.165, 1.54) is 76.7 Å². The molecule has 1 aromatic rings. The Morgan fingerprint density at radius 3 is 1.85 bits per heavy atom. The molecule has 0 aliphatic carbocycles. The Labute approximate surface area is 312 Å². The van der Waals surface area contributed by atoms with Gasteiger partial charge in [-0.15, -0.1) is 0 Å². The molecular weight excluding hydrogens is 689 g/mol. The van der Waals surface area contributed by atoms with Crippen molar-refractivity contribution in [2.45, 2.75) is 206 Å². The zero-order chi connectivity index (χ0) is 39.0. The van der Waals surface area contributed by atoms with E-state index in [0.717, 1.165) is 31.9 Å². The first kappa shape index (κ1) is 45.8. The Hall–Kier alpha value is -2.38. The number of unbranched alkanes of at least 4 members (excludes halogenated alkanes) is 15. The summed E-state index contributed by atoms with van der Waals surface area (Å²) in [5.74, 6) is -4.69. The van der Waals surface area contributed by atoms with Crippen LogP contribution in [0, 0.1) is 0 Å². The third kappa shape index (κ3) is 15.9. The molecule has 1 fully saturated rings. The molecule has 0 saturated carbocycles. The lowest BCUT2D eigenvalue weighted by atomic mass is 10.0. The highest BCUT2D eigenvalue weighted by Crippen LogP contribution is 2.45. The number of aromatic nitrogens is 2. The molecule has 10 nitrogen and oxygen atoms in total. The van der Waals surface area contributed by atoms with E-state index < -0.39 is 56.0 Å². The highest BCUT2D eigenvalue weighted by molar-refractivity contribution is 6.74. The lowest BCUT2D eigenvalue weighted by molar-refractivity contribution is -0.176. The number of carbonyl (C=O) groups is 2. The molecule has 0 unspecified atom stereocenters. The van der Waals surface area contributed by atoms with Gasteiger partial charge in [0.05, 0.1) is 6.61 Å². The van der Waals surface area contributed by atoms with E-state index in [2.05, 4.69) is 17.2 Å². The maximum absolute atomic E-state index is 16.1. The van der Waals surface area contributed by atoms with Crippen molar-refractivity contribution in [1.82, 2.24) is 9.55 Å². The highest BCUT2D eigenvalue weighted by atomic mass is 28.4. The quantitative estimate of drug-likeness (QED) is 0.0666. The second kappa shape index (κ2) is 21.5. The van der Waals surface area contributed by atoms with E-state index in [1.54, 1.807) is 20.8 Å². The number of halogens is 2. The molecule has 2 rings (SSSR count). The van der Waals surface area contributed by atoms with Crippen LogP contribution < -0.4 is 11.0 Å². The van der Waals surface area contributed by atoms with Gasteiger partial charge in [0.1, 0.15) is 17.5 Å². The molecular formula is C39H69F2N3O7Si. The Bertz CT molecular complexity index is 1280. The second-order valence-electron chi connectivity index (χ2n) is 16.9. The van der Waals surface area contributed by atoms with Gasteiger partial charge in [0.15, 0.2) is 14.4 Å². The number of nitrogens with one attached hydrogen (secondary N) is 1. The molecule has 0 bridgehead atoms. The molecule has 2 heterocycles. The van der Waals surface area contributed by atoms with Gasteiger partial charge in [-0.3, -0.25) is 14.7 Å². The number of anilines is 1. The van der Waals surface area contributed by atoms with Crippen LogP contribution in [-0.4, -0.2) is 60.3 Å². The Morgan fingerprint density at radius 1 is 0.885 bits per heavy atom. The van der Waals surface area contributed by atoms with E-state index in [4.69, 9.17) is 18.6 Å². The zero-order valence-electron chi connectivity index (χ0n) is 33.6. The summed E-state index contributed by atoms with van der Waals surface area (Å²) in [6, 6.07) is 1.20. The molecule has 1 saturated heterocycles. The average Bonchev–Trinajstić information content (AvgIpc) is 3.27. The molecule has 0 radical (unpaired) electrons. The monoisotopic (exact) mass is 757 g/mol. The van der Waals surface area contributed by atoms with Crippen molar-refractivity contribution in [3.05, 3.63) is 22.7 Å². The summed E-state index contributed by atoms with van der Waals surface area (Å²) in [6.45, 7) is 17.1. The number of ether oxygens (including phenoxy) is 3. The summed E-state index contributed by atoms with van der Waals surface area (Å²) in [7, 11) is -2.40. The first-order chi connectivity index (χ1) is 24.3. The number of esters is 1. The van der Waals surface area contributed by atoms with Crippen molar-refractivity contribution in [2.24, 2.45) is 0 Å². The van der Waals surface area contributed by atoms with Gasteiger partial charge in [-0.05, 0) is 51.4 Å². The highest BCUT2D eigenvalue weighted by Gasteiger charge is 2.62. The number of amides is 1. The molecule has 0 aromatic carbocycles. The summed E-state index contributed by atoms with van der Waals surface area (Å²) in [6.07, 6.45) is 13.9. The predicted molar refractivity (Wildman–Crippen MR) is 204 cm³/mol. The minimum absolute atomic E-state index is 0.0119. The van der Waals surface area contributed by atoms with Crippen molar-refractivity contribution in [3.8, 4) is 0 Å². The van der Waals surface area contributed by atoms with Gasteiger partial charge in [-0.25, -0.2) is 9.59 Å². The van der Waals surface area contributed by atoms with Gasteiger partial charge in [0.25, 0.3) is 0 Å². The molecule has 1 N–H and O–H groups in total. The molecule has 1 aliphatic rings. The molecule has 0 spiro atoms. The number of hydrogen-bond acceptors (Lipinski definition) is 8. The fourth-order valence-electron chi connectivity index (χ4n) is 5.84. The van der Waals surface area contributed by atoms with E-state index in [9.17, 15) is 14.4 Å². The second-order valence-corrected chi connectivity index (χ2v) is 21.7. The average molecular weight is 758 g/mol. The minimum atomic E-state index is -3.78. The first-order valence-corrected chi connectivity index (χ1v) is 22.6. The van der Waals surface area contributed by atoms with Gasteiger partial charge < -0.3 is 18.6 Å². The first-order valence-electron chi connectivity index (χ1n) is 19.7. The Balaban J connectivity index is 1.92. The van der Waals surface area contributed by atoms with Gasteiger partial charge in [-0.2, -0.15) is 13.8 Å². The molecule has 3 atom stereocenters. The van der Waals surface area contributed by atoms with Crippen LogP contribution in [0.25, 0.3) is 0 Å². The minimum Gasteiger partial charge on any atom is -0.453 e. The van der Waals surface area contributed by atoms with Crippen molar-refractivity contribution in [1.29, 1.82) is 0 Å². The summed E-state index contributed by atoms with van der Waals surface area (Å²) in [5, 5.41) is 2.13. The van der Waals surface area contributed by atoms with Crippen molar-refractivity contribution in [2.75, 3.05) is 11.9 Å². The summed E-state index contributed by atoms with van der Waals surface area (Å²) in [4.78, 5) is 41.8. The van der Waals surface area contributed by atoms with E-state index in [0.29, 0.717) is 11.0 Å². The molecule has 300 valence electrons. The number of alkyl halides is 2. The summed E-state index contributed by atoms with van der Waals surface area (Å²) in [5.41, 5.74) is -1.87. The van der Waals surface area contributed by atoms with E-state index in [-0.39, 0.29) is 23.9 Å². The van der Waals surface area contributed by atoms with Crippen LogP contribution in [-0.2, 0) is 23.4 Å². The normalized spacial score (nSPS) is 19.1. The smallest absolute Gasteiger partial charge is 0.413 e. The standard InChI is InChI=1S/C39H69F2N3O7Si/c1-10-11-12-13-14-15-16-17-18-19-20-21-22-23-24-25-26-32(45)50-33-30(29-48-52(8,9)38(5,6)7)49-34(39(33,40)41)44-28-27-31(42-35(44)46)43-36(47)51-37(2,3)4/h27-28,30,33-34H,10-26,29H2,1-9H3,(H,42,43,46,47)/t30-,33-,34-/m1/s1. The van der Waals surface area contributed by atoms with Gasteiger partial charge >= 0.3 is 23.7 Å². The van der Waals surface area contributed by atoms with Gasteiger partial charge in [0, 0.05) is 12.6 Å². The fraction of sp³-hybridized carbons (Fsp3) is 0.846. The molecule has 1 amide bonds. The number of rotatable bonds is 23. The Kier molecular flexibility index (Phi) is 18.9. The SMILES string of the molecule is CCCCCCCCCCCCCCCCCCC(=O)O[C@@H]1[C@@H](CO[Si](C)(C)C(C)(C)C)O[C@@H](n2ccc(NC(=O)OC(C)(C)C)nc2=O)C1(F)F. The molecule has 13 heteroatoms. The van der Waals surface area contributed by atoms with Crippen LogP contribution in [0.5, 0.6) is 0 Å². The molecule has 52 heavy (non-hydrogen) atoms. The van der Waals surface area contributed by atoms with E-state index in [1.807, 2.05) is 33.9 Å². The topological polar surface area (TPSA) is 118 Å². The van der Waals surface area contributed by atoms with E-state index >= 15 is 8.78 Å². The van der Waals surface area contributed by atoms with Crippen LogP contribution in [0.1, 0.15) is 164 Å². The van der Waals surface area contributed by atoms with Crippen LogP contribution >= 0.6 is 0 Å².